The zero-order chi connectivity index (χ0) is 12.3. The van der Waals surface area contributed by atoms with Crippen molar-refractivity contribution < 1.29 is 4.21 Å². The van der Waals surface area contributed by atoms with Crippen LogP contribution in [0.3, 0.4) is 0 Å². The standard InChI is InChI=1S/C13H18ClNOS/c1-15-12-6-7-13(8-12)17(16)9-10-2-4-11(14)5-3-10/h2-5,12-13,15H,6-9H2,1H3. The molecule has 0 spiro atoms. The molecule has 3 atom stereocenters. The molecule has 0 aromatic heterocycles. The Labute approximate surface area is 110 Å². The number of benzene rings is 1. The summed E-state index contributed by atoms with van der Waals surface area (Å²) >= 11 is 5.83. The highest BCUT2D eigenvalue weighted by molar-refractivity contribution is 7.84. The molecule has 1 aromatic carbocycles. The van der Waals surface area contributed by atoms with Gasteiger partial charge in [0, 0.05) is 32.9 Å². The highest BCUT2D eigenvalue weighted by atomic mass is 35.5. The minimum absolute atomic E-state index is 0.350. The van der Waals surface area contributed by atoms with Gasteiger partial charge in [-0.3, -0.25) is 4.21 Å². The summed E-state index contributed by atoms with van der Waals surface area (Å²) in [5.74, 6) is 0.651. The predicted molar refractivity (Wildman–Crippen MR) is 73.8 cm³/mol. The third-order valence-corrected chi connectivity index (χ3v) is 5.43. The van der Waals surface area contributed by atoms with Crippen molar-refractivity contribution in [1.82, 2.24) is 5.32 Å². The topological polar surface area (TPSA) is 29.1 Å². The van der Waals surface area contributed by atoms with Crippen LogP contribution in [0.4, 0.5) is 0 Å². The van der Waals surface area contributed by atoms with Gasteiger partial charge in [-0.1, -0.05) is 23.7 Å². The third kappa shape index (κ3) is 3.54. The van der Waals surface area contributed by atoms with Crippen molar-refractivity contribution in [1.29, 1.82) is 0 Å². The minimum Gasteiger partial charge on any atom is -0.317 e. The number of halogens is 1. The van der Waals surface area contributed by atoms with Crippen LogP contribution in [0.25, 0.3) is 0 Å². The molecule has 0 amide bonds. The summed E-state index contributed by atoms with van der Waals surface area (Å²) in [5, 5.41) is 4.35. The molecule has 0 heterocycles. The second-order valence-corrected chi connectivity index (χ2v) is 6.73. The molecule has 0 radical (unpaired) electrons. The highest BCUT2D eigenvalue weighted by Gasteiger charge is 2.27. The van der Waals surface area contributed by atoms with Gasteiger partial charge in [-0.2, -0.15) is 0 Å². The summed E-state index contributed by atoms with van der Waals surface area (Å²) in [7, 11) is 1.22. The molecular weight excluding hydrogens is 254 g/mol. The molecule has 1 saturated carbocycles. The van der Waals surface area contributed by atoms with Crippen LogP contribution >= 0.6 is 11.6 Å². The van der Waals surface area contributed by atoms with Gasteiger partial charge >= 0.3 is 0 Å². The first-order valence-electron chi connectivity index (χ1n) is 5.98. The van der Waals surface area contributed by atoms with Crippen molar-refractivity contribution in [3.63, 3.8) is 0 Å². The molecule has 1 aliphatic rings. The van der Waals surface area contributed by atoms with Gasteiger partial charge in [0.15, 0.2) is 0 Å². The van der Waals surface area contributed by atoms with E-state index in [0.717, 1.165) is 29.8 Å². The fourth-order valence-corrected chi connectivity index (χ4v) is 4.03. The Morgan fingerprint density at radius 3 is 2.65 bits per heavy atom. The van der Waals surface area contributed by atoms with Crippen LogP contribution in [0.2, 0.25) is 5.02 Å². The van der Waals surface area contributed by atoms with E-state index in [1.165, 1.54) is 0 Å². The second-order valence-electron chi connectivity index (χ2n) is 4.57. The zero-order valence-electron chi connectivity index (χ0n) is 9.99. The maximum atomic E-state index is 12.2. The van der Waals surface area contributed by atoms with Gasteiger partial charge in [-0.15, -0.1) is 0 Å². The summed E-state index contributed by atoms with van der Waals surface area (Å²) in [6, 6.07) is 8.20. The average molecular weight is 272 g/mol. The number of hydrogen-bond donors (Lipinski definition) is 1. The number of nitrogens with one attached hydrogen (secondary N) is 1. The van der Waals surface area contributed by atoms with Crippen LogP contribution in [0.1, 0.15) is 24.8 Å². The Bertz CT molecular complexity index is 393. The van der Waals surface area contributed by atoms with E-state index in [1.807, 2.05) is 31.3 Å². The third-order valence-electron chi connectivity index (χ3n) is 3.39. The number of rotatable bonds is 4. The smallest absolute Gasteiger partial charge is 0.0488 e. The van der Waals surface area contributed by atoms with E-state index in [0.29, 0.717) is 17.0 Å². The molecule has 4 heteroatoms. The average Bonchev–Trinajstić information content (AvgIpc) is 2.81. The molecule has 0 saturated heterocycles. The van der Waals surface area contributed by atoms with Crippen molar-refractivity contribution in [2.75, 3.05) is 7.05 Å². The van der Waals surface area contributed by atoms with Gasteiger partial charge in [0.1, 0.15) is 0 Å². The van der Waals surface area contributed by atoms with Crippen LogP contribution in [0.15, 0.2) is 24.3 Å². The highest BCUT2D eigenvalue weighted by Crippen LogP contribution is 2.25. The molecule has 1 fully saturated rings. The van der Waals surface area contributed by atoms with E-state index in [4.69, 9.17) is 11.6 Å². The first-order chi connectivity index (χ1) is 8.19. The van der Waals surface area contributed by atoms with Gasteiger partial charge in [-0.05, 0) is 44.0 Å². The molecule has 3 unspecified atom stereocenters. The Morgan fingerprint density at radius 2 is 2.06 bits per heavy atom. The molecule has 0 aliphatic heterocycles. The van der Waals surface area contributed by atoms with Crippen molar-refractivity contribution >= 4 is 22.4 Å². The normalized spacial score (nSPS) is 26.0. The van der Waals surface area contributed by atoms with Gasteiger partial charge in [0.25, 0.3) is 0 Å². The van der Waals surface area contributed by atoms with Gasteiger partial charge < -0.3 is 5.32 Å². The lowest BCUT2D eigenvalue weighted by molar-refractivity contribution is 0.581. The summed E-state index contributed by atoms with van der Waals surface area (Å²) in [6.07, 6.45) is 3.26. The lowest BCUT2D eigenvalue weighted by Crippen LogP contribution is -2.23. The number of hydrogen-bond acceptors (Lipinski definition) is 2. The Kier molecular flexibility index (Phi) is 4.60. The van der Waals surface area contributed by atoms with E-state index in [2.05, 4.69) is 5.32 Å². The van der Waals surface area contributed by atoms with E-state index in [1.54, 1.807) is 0 Å². The van der Waals surface area contributed by atoms with E-state index in [-0.39, 0.29) is 0 Å². The Balaban J connectivity index is 1.91. The van der Waals surface area contributed by atoms with Gasteiger partial charge in [0.2, 0.25) is 0 Å². The summed E-state index contributed by atoms with van der Waals surface area (Å²) in [6.45, 7) is 0. The van der Waals surface area contributed by atoms with Crippen molar-refractivity contribution in [2.24, 2.45) is 0 Å². The van der Waals surface area contributed by atoms with Crippen LogP contribution in [0.5, 0.6) is 0 Å². The molecule has 2 rings (SSSR count). The maximum absolute atomic E-state index is 12.2. The SMILES string of the molecule is CNC1CCC(S(=O)Cc2ccc(Cl)cc2)C1. The van der Waals surface area contributed by atoms with E-state index in [9.17, 15) is 4.21 Å². The second kappa shape index (κ2) is 5.98. The largest absolute Gasteiger partial charge is 0.317 e. The zero-order valence-corrected chi connectivity index (χ0v) is 11.6. The van der Waals surface area contributed by atoms with Crippen molar-refractivity contribution in [3.05, 3.63) is 34.9 Å². The lowest BCUT2D eigenvalue weighted by atomic mass is 10.2. The molecule has 1 aromatic rings. The fourth-order valence-electron chi connectivity index (χ4n) is 2.30. The van der Waals surface area contributed by atoms with E-state index >= 15 is 0 Å². The molecule has 1 aliphatic carbocycles. The van der Waals surface area contributed by atoms with Crippen LogP contribution < -0.4 is 5.32 Å². The van der Waals surface area contributed by atoms with Crippen LogP contribution in [-0.2, 0) is 16.6 Å². The molecule has 0 bridgehead atoms. The Morgan fingerprint density at radius 1 is 1.35 bits per heavy atom. The monoisotopic (exact) mass is 271 g/mol. The summed E-state index contributed by atoms with van der Waals surface area (Å²) in [5.41, 5.74) is 1.11. The summed E-state index contributed by atoms with van der Waals surface area (Å²) < 4.78 is 12.2. The molecule has 17 heavy (non-hydrogen) atoms. The maximum Gasteiger partial charge on any atom is 0.0488 e. The van der Waals surface area contributed by atoms with Crippen molar-refractivity contribution in [3.8, 4) is 0 Å². The minimum atomic E-state index is -0.758. The molecule has 1 N–H and O–H groups in total. The fraction of sp³-hybridized carbons (Fsp3) is 0.538. The quantitative estimate of drug-likeness (QED) is 0.912. The van der Waals surface area contributed by atoms with E-state index < -0.39 is 10.8 Å². The van der Waals surface area contributed by atoms with Crippen LogP contribution in [-0.4, -0.2) is 22.5 Å². The van der Waals surface area contributed by atoms with Crippen molar-refractivity contribution in [2.45, 2.75) is 36.3 Å². The lowest BCUT2D eigenvalue weighted by Gasteiger charge is -2.11. The van der Waals surface area contributed by atoms with Crippen LogP contribution in [0, 0.1) is 0 Å². The summed E-state index contributed by atoms with van der Waals surface area (Å²) in [4.78, 5) is 0. The molecular formula is C13H18ClNOS. The Hall–Kier alpha value is -0.380. The van der Waals surface area contributed by atoms with Gasteiger partial charge in [0.05, 0.1) is 0 Å². The van der Waals surface area contributed by atoms with Gasteiger partial charge in [-0.25, -0.2) is 0 Å². The molecule has 94 valence electrons. The molecule has 2 nitrogen and oxygen atoms in total. The first-order valence-corrected chi connectivity index (χ1v) is 7.74. The first kappa shape index (κ1) is 13.1. The predicted octanol–water partition coefficient (Wildman–Crippen LogP) is 2.73.